The van der Waals surface area contributed by atoms with Gasteiger partial charge in [0, 0.05) is 12.7 Å². The van der Waals surface area contributed by atoms with E-state index in [-0.39, 0.29) is 17.9 Å². The van der Waals surface area contributed by atoms with Crippen LogP contribution in [0.25, 0.3) is 10.8 Å². The van der Waals surface area contributed by atoms with Crippen molar-refractivity contribution in [3.8, 4) is 5.75 Å². The summed E-state index contributed by atoms with van der Waals surface area (Å²) in [5.41, 5.74) is 0.425. The second-order valence-electron chi connectivity index (χ2n) is 5.94. The first-order chi connectivity index (χ1) is 12.4. The Morgan fingerprint density at radius 1 is 1.04 bits per heavy atom. The molecule has 3 aromatic carbocycles. The minimum absolute atomic E-state index is 0.116. The molecule has 0 saturated carbocycles. The molecule has 0 saturated heterocycles. The molecule has 6 heteroatoms. The van der Waals surface area contributed by atoms with E-state index in [9.17, 15) is 19.1 Å². The van der Waals surface area contributed by atoms with Crippen molar-refractivity contribution in [2.24, 2.45) is 0 Å². The van der Waals surface area contributed by atoms with Crippen LogP contribution in [0, 0.1) is 5.82 Å². The molecule has 5 nitrogen and oxygen atoms in total. The van der Waals surface area contributed by atoms with E-state index in [1.165, 1.54) is 36.2 Å². The predicted octanol–water partition coefficient (Wildman–Crippen LogP) is 3.40. The number of anilines is 1. The normalized spacial score (nSPS) is 10.5. The highest BCUT2D eigenvalue weighted by Gasteiger charge is 2.19. The summed E-state index contributed by atoms with van der Waals surface area (Å²) < 4.78 is 13.2. The number of fused-ring (bicyclic) bond motifs is 1. The largest absolute Gasteiger partial charge is 0.507 e. The Morgan fingerprint density at radius 2 is 1.73 bits per heavy atom. The molecule has 132 valence electrons. The molecule has 0 bridgehead atoms. The molecule has 0 radical (unpaired) electrons. The number of rotatable bonds is 4. The Hall–Kier alpha value is -3.41. The number of nitrogens with one attached hydrogen (secondary N) is 1. The minimum atomic E-state index is -0.484. The van der Waals surface area contributed by atoms with Crippen LogP contribution >= 0.6 is 0 Å². The Balaban J connectivity index is 1.73. The first-order valence-electron chi connectivity index (χ1n) is 7.96. The van der Waals surface area contributed by atoms with Crippen LogP contribution in [-0.4, -0.2) is 35.4 Å². The average Bonchev–Trinajstić information content (AvgIpc) is 2.60. The van der Waals surface area contributed by atoms with Gasteiger partial charge in [-0.3, -0.25) is 9.59 Å². The number of benzene rings is 3. The van der Waals surface area contributed by atoms with Gasteiger partial charge in [-0.1, -0.05) is 30.3 Å². The van der Waals surface area contributed by atoms with Crippen LogP contribution < -0.4 is 5.32 Å². The first-order valence-corrected chi connectivity index (χ1v) is 7.96. The second-order valence-corrected chi connectivity index (χ2v) is 5.94. The monoisotopic (exact) mass is 352 g/mol. The van der Waals surface area contributed by atoms with Crippen molar-refractivity contribution < 1.29 is 19.1 Å². The third kappa shape index (κ3) is 3.80. The van der Waals surface area contributed by atoms with Crippen molar-refractivity contribution in [3.05, 3.63) is 72.0 Å². The zero-order valence-electron chi connectivity index (χ0n) is 14.1. The van der Waals surface area contributed by atoms with Crippen LogP contribution in [0.3, 0.4) is 0 Å². The van der Waals surface area contributed by atoms with Gasteiger partial charge in [-0.05, 0) is 41.1 Å². The third-order valence-electron chi connectivity index (χ3n) is 3.93. The van der Waals surface area contributed by atoms with Gasteiger partial charge < -0.3 is 15.3 Å². The number of carbonyl (C=O) groups excluding carboxylic acids is 2. The summed E-state index contributed by atoms with van der Waals surface area (Å²) in [4.78, 5) is 25.8. The van der Waals surface area contributed by atoms with Gasteiger partial charge in [-0.2, -0.15) is 0 Å². The quantitative estimate of drug-likeness (QED) is 0.756. The van der Waals surface area contributed by atoms with Gasteiger partial charge in [0.1, 0.15) is 11.6 Å². The molecular formula is C20H17FN2O3. The maximum Gasteiger partial charge on any atom is 0.257 e. The molecular weight excluding hydrogens is 335 g/mol. The van der Waals surface area contributed by atoms with Crippen LogP contribution in [0.2, 0.25) is 0 Å². The van der Waals surface area contributed by atoms with Crippen LogP contribution in [-0.2, 0) is 4.79 Å². The van der Waals surface area contributed by atoms with Gasteiger partial charge >= 0.3 is 0 Å². The lowest BCUT2D eigenvalue weighted by Crippen LogP contribution is -2.35. The second kappa shape index (κ2) is 7.23. The van der Waals surface area contributed by atoms with Crippen molar-refractivity contribution in [3.63, 3.8) is 0 Å². The first kappa shape index (κ1) is 17.4. The number of amides is 2. The standard InChI is InChI=1S/C20H17FN2O3/c1-23(12-19(25)22-16-8-4-7-15(21)11-16)20(26)17-9-13-5-2-3-6-14(13)10-18(17)24/h2-11,24H,12H2,1H3,(H,22,25). The number of phenols is 1. The lowest BCUT2D eigenvalue weighted by atomic mass is 10.1. The van der Waals surface area contributed by atoms with Gasteiger partial charge in [0.2, 0.25) is 5.91 Å². The number of halogens is 1. The zero-order valence-corrected chi connectivity index (χ0v) is 14.1. The molecule has 0 aliphatic rings. The van der Waals surface area contributed by atoms with Crippen molar-refractivity contribution in [1.82, 2.24) is 4.90 Å². The third-order valence-corrected chi connectivity index (χ3v) is 3.93. The van der Waals surface area contributed by atoms with Crippen LogP contribution in [0.4, 0.5) is 10.1 Å². The minimum Gasteiger partial charge on any atom is -0.507 e. The van der Waals surface area contributed by atoms with Gasteiger partial charge in [0.15, 0.2) is 0 Å². The Morgan fingerprint density at radius 3 is 2.42 bits per heavy atom. The van der Waals surface area contributed by atoms with Gasteiger partial charge in [0.05, 0.1) is 12.1 Å². The van der Waals surface area contributed by atoms with Crippen LogP contribution in [0.5, 0.6) is 5.75 Å². The van der Waals surface area contributed by atoms with E-state index in [2.05, 4.69) is 5.32 Å². The maximum absolute atomic E-state index is 13.2. The fourth-order valence-corrected chi connectivity index (χ4v) is 2.66. The summed E-state index contributed by atoms with van der Waals surface area (Å²) in [6.45, 7) is -0.235. The SMILES string of the molecule is CN(CC(=O)Nc1cccc(F)c1)C(=O)c1cc2ccccc2cc1O. The number of nitrogens with zero attached hydrogens (tertiary/aromatic N) is 1. The maximum atomic E-state index is 13.2. The molecule has 2 amide bonds. The summed E-state index contributed by atoms with van der Waals surface area (Å²) in [7, 11) is 1.46. The predicted molar refractivity (Wildman–Crippen MR) is 97.6 cm³/mol. The van der Waals surface area contributed by atoms with E-state index >= 15 is 0 Å². The number of aromatic hydroxyl groups is 1. The molecule has 2 N–H and O–H groups in total. The van der Waals surface area contributed by atoms with Gasteiger partial charge in [-0.25, -0.2) is 4.39 Å². The summed E-state index contributed by atoms with van der Waals surface area (Å²) in [5, 5.41) is 14.3. The van der Waals surface area contributed by atoms with Crippen LogP contribution in [0.1, 0.15) is 10.4 Å². The fourth-order valence-electron chi connectivity index (χ4n) is 2.66. The van der Waals surface area contributed by atoms with E-state index in [4.69, 9.17) is 0 Å². The molecule has 3 rings (SSSR count). The molecule has 0 aromatic heterocycles. The summed E-state index contributed by atoms with van der Waals surface area (Å²) >= 11 is 0. The Kier molecular flexibility index (Phi) is 4.84. The number of likely N-dealkylation sites (N-methyl/N-ethyl adjacent to an activating group) is 1. The molecule has 0 unspecified atom stereocenters. The molecule has 0 spiro atoms. The van der Waals surface area contributed by atoms with Crippen molar-refractivity contribution >= 4 is 28.3 Å². The highest BCUT2D eigenvalue weighted by molar-refractivity contribution is 6.03. The summed E-state index contributed by atoms with van der Waals surface area (Å²) in [5.74, 6) is -1.56. The number of carbonyl (C=O) groups is 2. The average molecular weight is 352 g/mol. The lowest BCUT2D eigenvalue weighted by molar-refractivity contribution is -0.116. The van der Waals surface area contributed by atoms with E-state index in [0.717, 1.165) is 10.8 Å². The smallest absolute Gasteiger partial charge is 0.257 e. The van der Waals surface area contributed by atoms with E-state index in [1.807, 2.05) is 24.3 Å². The molecule has 26 heavy (non-hydrogen) atoms. The van der Waals surface area contributed by atoms with Crippen molar-refractivity contribution in [1.29, 1.82) is 0 Å². The number of phenolic OH excluding ortho intramolecular Hbond substituents is 1. The molecule has 0 heterocycles. The highest BCUT2D eigenvalue weighted by atomic mass is 19.1. The van der Waals surface area contributed by atoms with Gasteiger partial charge in [-0.15, -0.1) is 0 Å². The zero-order chi connectivity index (χ0) is 18.7. The van der Waals surface area contributed by atoms with E-state index in [1.54, 1.807) is 12.1 Å². The Labute approximate surface area is 149 Å². The lowest BCUT2D eigenvalue weighted by Gasteiger charge is -2.18. The van der Waals surface area contributed by atoms with Crippen molar-refractivity contribution in [2.75, 3.05) is 18.9 Å². The molecule has 0 aliphatic heterocycles. The van der Waals surface area contributed by atoms with E-state index in [0.29, 0.717) is 5.69 Å². The van der Waals surface area contributed by atoms with Gasteiger partial charge in [0.25, 0.3) is 5.91 Å². The summed E-state index contributed by atoms with van der Waals surface area (Å²) in [6.07, 6.45) is 0. The topological polar surface area (TPSA) is 69.6 Å². The summed E-state index contributed by atoms with van der Waals surface area (Å²) in [6, 6.07) is 15.9. The van der Waals surface area contributed by atoms with Crippen molar-refractivity contribution in [2.45, 2.75) is 0 Å². The highest BCUT2D eigenvalue weighted by Crippen LogP contribution is 2.25. The Bertz CT molecular complexity index is 988. The fraction of sp³-hybridized carbons (Fsp3) is 0.100. The molecule has 0 aliphatic carbocycles. The molecule has 0 atom stereocenters. The van der Waals surface area contributed by atoms with Crippen LogP contribution in [0.15, 0.2) is 60.7 Å². The molecule has 3 aromatic rings. The van der Waals surface area contributed by atoms with E-state index < -0.39 is 17.6 Å². The molecule has 0 fully saturated rings. The number of hydrogen-bond donors (Lipinski definition) is 2. The number of hydrogen-bond acceptors (Lipinski definition) is 3.